The van der Waals surface area contributed by atoms with Gasteiger partial charge in [0.15, 0.2) is 22.9 Å². The van der Waals surface area contributed by atoms with Crippen LogP contribution in [0.5, 0.6) is 23.3 Å². The second kappa shape index (κ2) is 29.8. The zero-order valence-corrected chi connectivity index (χ0v) is 48.2. The predicted octanol–water partition coefficient (Wildman–Crippen LogP) is 13.5. The summed E-state index contributed by atoms with van der Waals surface area (Å²) in [7, 11) is 0. The van der Waals surface area contributed by atoms with E-state index in [1.54, 1.807) is 27.1 Å². The van der Waals surface area contributed by atoms with Gasteiger partial charge >= 0.3 is 0 Å². The minimum Gasteiger partial charge on any atom is -0.493 e. The number of hydrogen-bond acceptors (Lipinski definition) is 10. The summed E-state index contributed by atoms with van der Waals surface area (Å²) in [6, 6.07) is 50.5. The van der Waals surface area contributed by atoms with Crippen LogP contribution in [0.4, 0.5) is 4.39 Å². The topological polar surface area (TPSA) is 178 Å². The van der Waals surface area contributed by atoms with Crippen LogP contribution in [0.3, 0.4) is 0 Å². The van der Waals surface area contributed by atoms with Crippen LogP contribution in [0.1, 0.15) is 110 Å². The fraction of sp³-hybridized carbons (Fsp3) is 0.265. The van der Waals surface area contributed by atoms with Crippen LogP contribution in [0.15, 0.2) is 170 Å². The number of aromatic hydroxyl groups is 2. The van der Waals surface area contributed by atoms with E-state index in [1.807, 2.05) is 134 Å². The van der Waals surface area contributed by atoms with Crippen molar-refractivity contribution in [2.75, 3.05) is 26.3 Å². The Morgan fingerprint density at radius 1 is 0.476 bits per heavy atom. The quantitative estimate of drug-likeness (QED) is 0.0382. The van der Waals surface area contributed by atoms with Crippen molar-refractivity contribution in [2.45, 2.75) is 90.9 Å². The molecule has 14 nitrogen and oxygen atoms in total. The maximum atomic E-state index is 14.9. The summed E-state index contributed by atoms with van der Waals surface area (Å²) in [5.41, 5.74) is 11.0. The molecule has 4 N–H and O–H groups in total. The fourth-order valence-electron chi connectivity index (χ4n) is 9.82. The number of carbonyl (C=O) groups is 2. The van der Waals surface area contributed by atoms with Crippen molar-refractivity contribution in [1.29, 1.82) is 0 Å². The molecular weight excluding hydrogens is 1080 g/mol. The third kappa shape index (κ3) is 16.6. The monoisotopic (exact) mass is 1150 g/mol. The van der Waals surface area contributed by atoms with E-state index in [0.717, 1.165) is 102 Å². The largest absolute Gasteiger partial charge is 0.493 e. The minimum atomic E-state index is -0.445. The summed E-state index contributed by atoms with van der Waals surface area (Å²) in [6.45, 7) is 5.43. The lowest BCUT2D eigenvalue weighted by atomic mass is 10.1. The number of nitrogens with zero attached hydrogens (tertiary/aromatic N) is 6. The van der Waals surface area contributed by atoms with Gasteiger partial charge in [-0.15, -0.1) is 0 Å². The van der Waals surface area contributed by atoms with Crippen LogP contribution in [0, 0.1) is 5.82 Å². The highest BCUT2D eigenvalue weighted by atomic mass is 35.5. The van der Waals surface area contributed by atoms with Gasteiger partial charge in [0.1, 0.15) is 17.1 Å². The first kappa shape index (κ1) is 59.5. The first-order valence-corrected chi connectivity index (χ1v) is 29.0. The first-order chi connectivity index (χ1) is 40.9. The number of nitrogens with one attached hydrogen (secondary N) is 2. The molecule has 4 heterocycles. The average molecular weight is 1150 g/mol. The Kier molecular flexibility index (Phi) is 21.1. The number of carbonyl (C=O) groups excluding carboxylic acids is 2. The van der Waals surface area contributed by atoms with E-state index in [2.05, 4.69) is 22.8 Å². The van der Waals surface area contributed by atoms with Crippen LogP contribution in [-0.4, -0.2) is 77.1 Å². The highest BCUT2D eigenvalue weighted by Gasteiger charge is 2.21. The number of hydrogen-bond donors (Lipinski definition) is 4. The number of halogens is 2. The van der Waals surface area contributed by atoms with E-state index in [0.29, 0.717) is 84.6 Å². The molecule has 0 atom stereocenters. The first-order valence-electron chi connectivity index (χ1n) is 28.7. The van der Waals surface area contributed by atoms with E-state index in [-0.39, 0.29) is 35.7 Å². The molecule has 0 saturated heterocycles. The summed E-state index contributed by atoms with van der Waals surface area (Å²) in [5, 5.41) is 28.6. The molecule has 0 aliphatic heterocycles. The molecule has 84 heavy (non-hydrogen) atoms. The van der Waals surface area contributed by atoms with E-state index in [4.69, 9.17) is 41.0 Å². The third-order valence-corrected chi connectivity index (χ3v) is 14.4. The van der Waals surface area contributed by atoms with Gasteiger partial charge in [0.25, 0.3) is 0 Å². The molecule has 0 spiro atoms. The van der Waals surface area contributed by atoms with Crippen LogP contribution < -0.4 is 20.1 Å². The van der Waals surface area contributed by atoms with Gasteiger partial charge in [-0.3, -0.25) is 18.4 Å². The number of unbranched alkanes of at least 4 members (excludes halogenated alkanes) is 6. The average Bonchev–Trinajstić information content (AvgIpc) is 2.28. The molecule has 0 radical (unpaired) electrons. The van der Waals surface area contributed by atoms with Crippen molar-refractivity contribution in [3.8, 4) is 45.8 Å². The summed E-state index contributed by atoms with van der Waals surface area (Å²) in [4.78, 5) is 41.3. The van der Waals surface area contributed by atoms with Crippen LogP contribution in [0.25, 0.3) is 33.8 Å². The molecule has 0 aliphatic carbocycles. The Morgan fingerprint density at radius 3 is 1.30 bits per heavy atom. The summed E-state index contributed by atoms with van der Waals surface area (Å²) >= 11 is 6.57. The Labute approximate surface area is 494 Å². The maximum Gasteiger partial charge on any atom is 0.219 e. The Balaban J connectivity index is 0.000000202. The number of benzene rings is 6. The van der Waals surface area contributed by atoms with Gasteiger partial charge in [0.05, 0.1) is 41.0 Å². The van der Waals surface area contributed by atoms with Crippen LogP contribution in [-0.2, 0) is 35.3 Å². The number of aromatic nitrogens is 6. The molecule has 16 heteroatoms. The lowest BCUT2D eigenvalue weighted by Crippen LogP contribution is -2.20. The number of rotatable bonds is 26. The second-order valence-corrected chi connectivity index (χ2v) is 21.1. The Hall–Kier alpha value is -9.08. The van der Waals surface area contributed by atoms with E-state index < -0.39 is 5.82 Å². The normalized spacial score (nSPS) is 11.1. The van der Waals surface area contributed by atoms with E-state index in [9.17, 15) is 24.2 Å². The van der Waals surface area contributed by atoms with Crippen molar-refractivity contribution in [3.63, 3.8) is 0 Å². The second-order valence-electron chi connectivity index (χ2n) is 20.7. The summed E-state index contributed by atoms with van der Waals surface area (Å²) in [6.07, 6.45) is 13.0. The number of ether oxygens (including phenoxy) is 2. The molecule has 2 amide bonds. The summed E-state index contributed by atoms with van der Waals surface area (Å²) < 4.78 is 29.9. The lowest BCUT2D eigenvalue weighted by molar-refractivity contribution is -0.119. The van der Waals surface area contributed by atoms with E-state index in [1.165, 1.54) is 19.9 Å². The molecule has 0 fully saturated rings. The van der Waals surface area contributed by atoms with Gasteiger partial charge in [0.2, 0.25) is 23.6 Å². The molecule has 4 aromatic heterocycles. The van der Waals surface area contributed by atoms with Crippen molar-refractivity contribution < 1.29 is 33.7 Å². The third-order valence-electron chi connectivity index (χ3n) is 14.1. The molecule has 0 saturated carbocycles. The molecule has 0 aliphatic rings. The highest BCUT2D eigenvalue weighted by molar-refractivity contribution is 6.32. The van der Waals surface area contributed by atoms with Gasteiger partial charge in [-0.25, -0.2) is 24.3 Å². The summed E-state index contributed by atoms with van der Waals surface area (Å²) in [5.74, 6) is 0.495. The van der Waals surface area contributed by atoms with Crippen molar-refractivity contribution >= 4 is 34.7 Å². The molecule has 6 aromatic carbocycles. The smallest absolute Gasteiger partial charge is 0.219 e. The minimum absolute atomic E-state index is 0.00911. The number of imidazole rings is 2. The van der Waals surface area contributed by atoms with Gasteiger partial charge < -0.3 is 30.3 Å². The Morgan fingerprint density at radius 2 is 0.869 bits per heavy atom. The maximum absolute atomic E-state index is 14.9. The zero-order chi connectivity index (χ0) is 58.6. The molecule has 0 unspecified atom stereocenters. The lowest BCUT2D eigenvalue weighted by Gasteiger charge is -2.09. The van der Waals surface area contributed by atoms with Crippen molar-refractivity contribution in [2.24, 2.45) is 0 Å². The molecular formula is C68H70ClFN8O6. The molecule has 10 aromatic rings. The highest BCUT2D eigenvalue weighted by Crippen LogP contribution is 2.33. The SMILES string of the molecule is CC(=O)NCCCCCCOc1ccc(Cc2nc3c(Cc4ccccc4)nc(-c4ccccc4)cn3c2O)cc1Cl.CC(=O)NCCCCCCOc1ccc(Cc2nc3c(Cc4ccccc4)nc(-c4ccccc4)cn3c2O)cc1F. The predicted molar refractivity (Wildman–Crippen MR) is 327 cm³/mol. The van der Waals surface area contributed by atoms with Gasteiger partial charge in [-0.2, -0.15) is 0 Å². The van der Waals surface area contributed by atoms with E-state index >= 15 is 0 Å². The van der Waals surface area contributed by atoms with Crippen LogP contribution >= 0.6 is 11.6 Å². The Bertz CT molecular complexity index is 3520. The fourth-order valence-corrected chi connectivity index (χ4v) is 10.1. The van der Waals surface area contributed by atoms with Crippen molar-refractivity contribution in [1.82, 2.24) is 39.4 Å². The molecule has 432 valence electrons. The number of fused-ring (bicyclic) bond motifs is 2. The van der Waals surface area contributed by atoms with Gasteiger partial charge in [-0.05, 0) is 72.2 Å². The zero-order valence-electron chi connectivity index (χ0n) is 47.4. The van der Waals surface area contributed by atoms with Crippen LogP contribution in [0.2, 0.25) is 5.02 Å². The van der Waals surface area contributed by atoms with Crippen molar-refractivity contribution in [3.05, 3.63) is 226 Å². The molecule has 10 rings (SSSR count). The van der Waals surface area contributed by atoms with Gasteiger partial charge in [0, 0.05) is 76.1 Å². The molecule has 0 bridgehead atoms. The standard InChI is InChI=1S/C34H35ClN4O3.C34H35FN4O3/c2*1-24(40)36-18-10-2-3-11-19-42-32-17-16-26(20-28(32)35)22-30-34(41)39-23-31(27-14-8-5-9-15-27)37-29(33(39)38-30)21-25-12-6-4-7-13-25/h2*4-9,12-17,20,23,41H,2-3,10-11,18-19,21-22H2,1H3,(H,36,40). The van der Waals surface area contributed by atoms with Gasteiger partial charge in [-0.1, -0.05) is 171 Å². The number of amides is 2.